The molecule has 4 rings (SSSR count). The van der Waals surface area contributed by atoms with Crippen LogP contribution in [0, 0.1) is 5.92 Å². The standard InChI is InChI=1S/C37H55N3O6/c1-27(30-13-10-20-38-26-30)11-9-12-28(2)35-29(3)16-17-33(37(4,44)19-18-32(41)25-34(42)46-35)45-36(43)40-23-21-39(22-24-40)31-14-7-5-6-8-15-31/h9-13,16-17,20,26-27,29,31-33,35,41,44H,5-8,14-15,18-19,21-25H2,1-4H3/b11-9+,17-16+,28-12+/t27?,29-,32+,33-,35+,37+/m0/s1. The van der Waals surface area contributed by atoms with Crippen LogP contribution in [0.5, 0.6) is 0 Å². The van der Waals surface area contributed by atoms with Crippen LogP contribution in [-0.2, 0) is 14.3 Å². The van der Waals surface area contributed by atoms with Crippen molar-refractivity contribution in [3.63, 3.8) is 0 Å². The van der Waals surface area contributed by atoms with Crippen molar-refractivity contribution < 1.29 is 29.3 Å². The minimum Gasteiger partial charge on any atom is -0.457 e. The summed E-state index contributed by atoms with van der Waals surface area (Å²) in [6.45, 7) is 10.4. The van der Waals surface area contributed by atoms with E-state index in [9.17, 15) is 19.8 Å². The SMILES string of the molecule is C/C(=C\C=C\C(C)c1cccnc1)[C@H]1OC(=O)C[C@H](O)CC[C@@](C)(O)[C@@H](OC(=O)N2CCN(C3CCCCCC3)CC2)/C=C/[C@@H]1C. The number of aliphatic hydroxyl groups excluding tert-OH is 1. The third-order valence-corrected chi connectivity index (χ3v) is 9.88. The third kappa shape index (κ3) is 10.5. The van der Waals surface area contributed by atoms with E-state index in [1.165, 1.54) is 38.5 Å². The first-order valence-corrected chi connectivity index (χ1v) is 17.3. The van der Waals surface area contributed by atoms with Crippen molar-refractivity contribution >= 4 is 12.1 Å². The Morgan fingerprint density at radius 2 is 1.85 bits per heavy atom. The number of carbonyl (C=O) groups excluding carboxylic acids is 2. The third-order valence-electron chi connectivity index (χ3n) is 9.88. The van der Waals surface area contributed by atoms with E-state index >= 15 is 0 Å². The number of amides is 1. The molecule has 1 aliphatic carbocycles. The number of nitrogens with zero attached hydrogens (tertiary/aromatic N) is 3. The van der Waals surface area contributed by atoms with Crippen LogP contribution in [0.1, 0.15) is 97.0 Å². The predicted molar refractivity (Wildman–Crippen MR) is 179 cm³/mol. The molecule has 1 amide bonds. The van der Waals surface area contributed by atoms with Gasteiger partial charge >= 0.3 is 12.1 Å². The van der Waals surface area contributed by atoms with Gasteiger partial charge in [0, 0.05) is 56.5 Å². The van der Waals surface area contributed by atoms with E-state index in [2.05, 4.69) is 22.9 Å². The summed E-state index contributed by atoms with van der Waals surface area (Å²) in [6, 6.07) is 4.54. The fourth-order valence-corrected chi connectivity index (χ4v) is 6.75. The number of allylic oxidation sites excluding steroid dienone is 3. The van der Waals surface area contributed by atoms with Crippen molar-refractivity contribution in [3.05, 3.63) is 66.0 Å². The lowest BCUT2D eigenvalue weighted by Crippen LogP contribution is -2.53. The zero-order valence-corrected chi connectivity index (χ0v) is 28.2. The summed E-state index contributed by atoms with van der Waals surface area (Å²) < 4.78 is 11.9. The van der Waals surface area contributed by atoms with Crippen molar-refractivity contribution in [2.75, 3.05) is 26.2 Å². The van der Waals surface area contributed by atoms with Crippen molar-refractivity contribution in [1.29, 1.82) is 0 Å². The van der Waals surface area contributed by atoms with Gasteiger partial charge in [-0.3, -0.25) is 14.7 Å². The van der Waals surface area contributed by atoms with Gasteiger partial charge in [0.2, 0.25) is 0 Å². The van der Waals surface area contributed by atoms with Gasteiger partial charge in [-0.25, -0.2) is 4.79 Å². The van der Waals surface area contributed by atoms with E-state index in [1.54, 1.807) is 24.1 Å². The molecule has 3 aliphatic rings. The summed E-state index contributed by atoms with van der Waals surface area (Å²) >= 11 is 0. The molecule has 1 aromatic rings. The Bertz CT molecular complexity index is 1200. The minimum absolute atomic E-state index is 0.149. The fraction of sp³-hybridized carbons (Fsp3) is 0.649. The van der Waals surface area contributed by atoms with E-state index < -0.39 is 36.0 Å². The van der Waals surface area contributed by atoms with Gasteiger partial charge in [-0.15, -0.1) is 0 Å². The molecule has 0 aromatic carbocycles. The molecule has 2 N–H and O–H groups in total. The molecule has 1 unspecified atom stereocenters. The van der Waals surface area contributed by atoms with Crippen molar-refractivity contribution in [3.8, 4) is 0 Å². The van der Waals surface area contributed by atoms with E-state index in [4.69, 9.17) is 9.47 Å². The molecular formula is C37H55N3O6. The van der Waals surface area contributed by atoms with Gasteiger partial charge in [0.05, 0.1) is 12.5 Å². The highest BCUT2D eigenvalue weighted by atomic mass is 16.6. The summed E-state index contributed by atoms with van der Waals surface area (Å²) in [7, 11) is 0. The molecule has 0 spiro atoms. The number of aliphatic hydroxyl groups is 2. The first-order valence-electron chi connectivity index (χ1n) is 17.3. The van der Waals surface area contributed by atoms with E-state index in [0.29, 0.717) is 19.1 Å². The number of carbonyl (C=O) groups is 2. The quantitative estimate of drug-likeness (QED) is 0.171. The molecule has 0 radical (unpaired) electrons. The van der Waals surface area contributed by atoms with Gasteiger partial charge in [-0.2, -0.15) is 0 Å². The maximum atomic E-state index is 13.4. The molecule has 2 fully saturated rings. The molecule has 6 atom stereocenters. The average molecular weight is 638 g/mol. The molecule has 1 aromatic heterocycles. The largest absolute Gasteiger partial charge is 0.457 e. The van der Waals surface area contributed by atoms with Crippen molar-refractivity contribution in [1.82, 2.24) is 14.8 Å². The Hall–Kier alpha value is -3.01. The lowest BCUT2D eigenvalue weighted by Gasteiger charge is -2.40. The molecule has 2 aliphatic heterocycles. The molecule has 9 heteroatoms. The predicted octanol–water partition coefficient (Wildman–Crippen LogP) is 5.93. The topological polar surface area (TPSA) is 112 Å². The fourth-order valence-electron chi connectivity index (χ4n) is 6.75. The van der Waals surface area contributed by atoms with Crippen LogP contribution >= 0.6 is 0 Å². The van der Waals surface area contributed by atoms with Crippen LogP contribution in [-0.4, -0.2) is 93.2 Å². The average Bonchev–Trinajstić information content (AvgIpc) is 3.34. The number of cyclic esters (lactones) is 1. The number of rotatable bonds is 6. The van der Waals surface area contributed by atoms with Gasteiger partial charge in [0.25, 0.3) is 0 Å². The highest BCUT2D eigenvalue weighted by Crippen LogP contribution is 2.28. The molecule has 1 saturated carbocycles. The Balaban J connectivity index is 1.45. The smallest absolute Gasteiger partial charge is 0.410 e. The first-order chi connectivity index (χ1) is 22.0. The molecule has 9 nitrogen and oxygen atoms in total. The Morgan fingerprint density at radius 3 is 2.52 bits per heavy atom. The minimum atomic E-state index is -1.44. The highest BCUT2D eigenvalue weighted by Gasteiger charge is 2.37. The summed E-state index contributed by atoms with van der Waals surface area (Å²) in [5.74, 6) is -0.632. The van der Waals surface area contributed by atoms with Gasteiger partial charge in [0.1, 0.15) is 11.7 Å². The summed E-state index contributed by atoms with van der Waals surface area (Å²) in [4.78, 5) is 34.7. The number of hydrogen-bond donors (Lipinski definition) is 2. The van der Waals surface area contributed by atoms with Crippen LogP contribution in [0.15, 0.2) is 60.5 Å². The Kier molecular flexibility index (Phi) is 13.4. The van der Waals surface area contributed by atoms with E-state index in [-0.39, 0.29) is 31.1 Å². The summed E-state index contributed by atoms with van der Waals surface area (Å²) in [5, 5.41) is 22.1. The van der Waals surface area contributed by atoms with Crippen LogP contribution in [0.4, 0.5) is 4.79 Å². The first kappa shape index (κ1) is 35.8. The maximum absolute atomic E-state index is 13.4. The molecular weight excluding hydrogens is 582 g/mol. The summed E-state index contributed by atoms with van der Waals surface area (Å²) in [6.07, 6.45) is 17.9. The number of piperazine rings is 1. The monoisotopic (exact) mass is 637 g/mol. The van der Waals surface area contributed by atoms with Crippen molar-refractivity contribution in [2.45, 2.75) is 121 Å². The van der Waals surface area contributed by atoms with Gasteiger partial charge < -0.3 is 24.6 Å². The molecule has 0 bridgehead atoms. The number of esters is 1. The van der Waals surface area contributed by atoms with Crippen LogP contribution in [0.25, 0.3) is 0 Å². The summed E-state index contributed by atoms with van der Waals surface area (Å²) in [5.41, 5.74) is 0.490. The van der Waals surface area contributed by atoms with Gasteiger partial charge in [-0.1, -0.05) is 69.9 Å². The van der Waals surface area contributed by atoms with Gasteiger partial charge in [-0.05, 0) is 62.8 Å². The number of aromatic nitrogens is 1. The zero-order valence-electron chi connectivity index (χ0n) is 28.2. The highest BCUT2D eigenvalue weighted by molar-refractivity contribution is 5.70. The molecule has 3 heterocycles. The van der Waals surface area contributed by atoms with Crippen LogP contribution in [0.3, 0.4) is 0 Å². The van der Waals surface area contributed by atoms with E-state index in [1.807, 2.05) is 50.4 Å². The number of hydrogen-bond acceptors (Lipinski definition) is 8. The number of pyridine rings is 1. The zero-order chi connectivity index (χ0) is 33.1. The number of ether oxygens (including phenoxy) is 2. The molecule has 46 heavy (non-hydrogen) atoms. The Morgan fingerprint density at radius 1 is 1.13 bits per heavy atom. The second-order valence-electron chi connectivity index (χ2n) is 13.8. The van der Waals surface area contributed by atoms with Gasteiger partial charge in [0.15, 0.2) is 6.10 Å². The molecule has 1 saturated heterocycles. The normalized spacial score (nSPS) is 31.3. The van der Waals surface area contributed by atoms with Crippen LogP contribution < -0.4 is 0 Å². The lowest BCUT2D eigenvalue weighted by atomic mass is 9.88. The van der Waals surface area contributed by atoms with Crippen molar-refractivity contribution in [2.24, 2.45) is 5.92 Å². The maximum Gasteiger partial charge on any atom is 0.410 e. The van der Waals surface area contributed by atoms with Crippen LogP contribution in [0.2, 0.25) is 0 Å². The Labute approximate surface area is 275 Å². The molecule has 254 valence electrons. The van der Waals surface area contributed by atoms with E-state index in [0.717, 1.165) is 24.2 Å². The lowest BCUT2D eigenvalue weighted by molar-refractivity contribution is -0.151. The second-order valence-corrected chi connectivity index (χ2v) is 13.8. The second kappa shape index (κ2) is 17.2.